The maximum absolute atomic E-state index is 12.3. The average molecular weight is 436 g/mol. The van der Waals surface area contributed by atoms with Crippen molar-refractivity contribution in [3.63, 3.8) is 0 Å². The van der Waals surface area contributed by atoms with E-state index in [0.29, 0.717) is 0 Å². The molecule has 8 N–H and O–H groups in total. The number of carboxylic acid groups (broad SMARTS) is 2. The highest BCUT2D eigenvalue weighted by atomic mass is 32.1. The summed E-state index contributed by atoms with van der Waals surface area (Å²) in [7, 11) is 0. The monoisotopic (exact) mass is 436 g/mol. The van der Waals surface area contributed by atoms with Crippen molar-refractivity contribution in [1.29, 1.82) is 0 Å². The number of rotatable bonds is 13. The molecule has 0 bridgehead atoms. The van der Waals surface area contributed by atoms with Gasteiger partial charge in [0.1, 0.15) is 18.1 Å². The molecule has 0 rings (SSSR count). The van der Waals surface area contributed by atoms with E-state index in [9.17, 15) is 34.2 Å². The van der Waals surface area contributed by atoms with E-state index in [4.69, 9.17) is 10.8 Å². The van der Waals surface area contributed by atoms with E-state index in [2.05, 4.69) is 28.6 Å². The zero-order chi connectivity index (χ0) is 22.7. The molecule has 0 aliphatic rings. The Morgan fingerprint density at radius 2 is 1.38 bits per heavy atom. The van der Waals surface area contributed by atoms with Gasteiger partial charge in [-0.1, -0.05) is 13.8 Å². The van der Waals surface area contributed by atoms with Gasteiger partial charge in [0.05, 0.1) is 19.1 Å². The topological polar surface area (TPSA) is 208 Å². The lowest BCUT2D eigenvalue weighted by atomic mass is 10.0. The molecule has 29 heavy (non-hydrogen) atoms. The summed E-state index contributed by atoms with van der Waals surface area (Å²) < 4.78 is 0. The number of carbonyl (C=O) groups excluding carboxylic acids is 3. The first-order valence-electron chi connectivity index (χ1n) is 8.75. The van der Waals surface area contributed by atoms with E-state index in [-0.39, 0.29) is 18.1 Å². The quantitative estimate of drug-likeness (QED) is 0.141. The van der Waals surface area contributed by atoms with Gasteiger partial charge in [0, 0.05) is 5.75 Å². The number of aliphatic hydroxyl groups is 1. The molecule has 166 valence electrons. The summed E-state index contributed by atoms with van der Waals surface area (Å²) in [6, 6.07) is -5.34. The Balaban J connectivity index is 5.00. The first-order chi connectivity index (χ1) is 13.4. The van der Waals surface area contributed by atoms with Gasteiger partial charge in [-0.15, -0.1) is 0 Å². The van der Waals surface area contributed by atoms with E-state index in [1.165, 1.54) is 0 Å². The third-order valence-electron chi connectivity index (χ3n) is 3.68. The van der Waals surface area contributed by atoms with Gasteiger partial charge in [0.25, 0.3) is 0 Å². The minimum absolute atomic E-state index is 0.00978. The summed E-state index contributed by atoms with van der Waals surface area (Å²) >= 11 is 3.95. The lowest BCUT2D eigenvalue weighted by Crippen LogP contribution is -2.58. The van der Waals surface area contributed by atoms with Gasteiger partial charge >= 0.3 is 11.9 Å². The number of hydrogen-bond donors (Lipinski definition) is 8. The van der Waals surface area contributed by atoms with Crippen LogP contribution in [0.4, 0.5) is 0 Å². The second kappa shape index (κ2) is 13.0. The summed E-state index contributed by atoms with van der Waals surface area (Å²) in [5, 5.41) is 33.8. The number of thiol groups is 1. The zero-order valence-corrected chi connectivity index (χ0v) is 17.0. The Hall–Kier alpha value is -2.38. The average Bonchev–Trinajstić information content (AvgIpc) is 2.61. The molecule has 0 aliphatic heterocycles. The standard InChI is InChI=1S/C16H28N4O8S/c1-7(2)3-9(16(27)28)18-15(26)11(6-29)20-14(25)10(5-21)19-13(24)8(17)4-12(22)23/h7-11,21,29H,3-6,17H2,1-2H3,(H,18,26)(H,19,24)(H,20,25)(H,22,23)(H,27,28). The molecule has 0 fully saturated rings. The van der Waals surface area contributed by atoms with E-state index >= 15 is 0 Å². The van der Waals surface area contributed by atoms with Crippen molar-refractivity contribution in [2.24, 2.45) is 11.7 Å². The van der Waals surface area contributed by atoms with Crippen molar-refractivity contribution >= 4 is 42.3 Å². The number of aliphatic hydroxyl groups excluding tert-OH is 1. The molecule has 4 unspecified atom stereocenters. The highest BCUT2D eigenvalue weighted by Gasteiger charge is 2.30. The molecule has 0 heterocycles. The van der Waals surface area contributed by atoms with Crippen LogP contribution in [-0.2, 0) is 24.0 Å². The normalized spacial score (nSPS) is 15.0. The smallest absolute Gasteiger partial charge is 0.326 e. The van der Waals surface area contributed by atoms with Crippen LogP contribution in [0.15, 0.2) is 0 Å². The van der Waals surface area contributed by atoms with Crippen molar-refractivity contribution in [1.82, 2.24) is 16.0 Å². The Bertz CT molecular complexity index is 616. The Kier molecular flexibility index (Phi) is 11.9. The van der Waals surface area contributed by atoms with Gasteiger partial charge in [0.2, 0.25) is 17.7 Å². The number of hydrogen-bond acceptors (Lipinski definition) is 8. The van der Waals surface area contributed by atoms with Crippen molar-refractivity contribution in [2.45, 2.75) is 50.9 Å². The van der Waals surface area contributed by atoms with Crippen LogP contribution in [0.3, 0.4) is 0 Å². The van der Waals surface area contributed by atoms with E-state index in [0.717, 1.165) is 0 Å². The number of aliphatic carboxylic acids is 2. The first-order valence-corrected chi connectivity index (χ1v) is 9.39. The maximum Gasteiger partial charge on any atom is 0.326 e. The number of carbonyl (C=O) groups is 5. The van der Waals surface area contributed by atoms with Crippen LogP contribution in [0, 0.1) is 5.92 Å². The Morgan fingerprint density at radius 1 is 0.897 bits per heavy atom. The van der Waals surface area contributed by atoms with E-state index < -0.39 is 66.9 Å². The fourth-order valence-corrected chi connectivity index (χ4v) is 2.44. The summed E-state index contributed by atoms with van der Waals surface area (Å²) in [4.78, 5) is 58.2. The summed E-state index contributed by atoms with van der Waals surface area (Å²) in [5.41, 5.74) is 5.38. The second-order valence-corrected chi connectivity index (χ2v) is 7.09. The fourth-order valence-electron chi connectivity index (χ4n) is 2.19. The van der Waals surface area contributed by atoms with Gasteiger partial charge in [-0.3, -0.25) is 19.2 Å². The lowest BCUT2D eigenvalue weighted by molar-refractivity contribution is -0.142. The lowest BCUT2D eigenvalue weighted by Gasteiger charge is -2.23. The highest BCUT2D eigenvalue weighted by Crippen LogP contribution is 2.05. The third-order valence-corrected chi connectivity index (χ3v) is 4.05. The number of amides is 3. The minimum Gasteiger partial charge on any atom is -0.481 e. The van der Waals surface area contributed by atoms with Crippen LogP contribution in [0.25, 0.3) is 0 Å². The van der Waals surface area contributed by atoms with Gasteiger partial charge in [0.15, 0.2) is 0 Å². The van der Waals surface area contributed by atoms with E-state index in [1.54, 1.807) is 13.8 Å². The molecule has 12 nitrogen and oxygen atoms in total. The largest absolute Gasteiger partial charge is 0.481 e. The maximum atomic E-state index is 12.3. The van der Waals surface area contributed by atoms with Crippen molar-refractivity contribution in [2.75, 3.05) is 12.4 Å². The molecule has 0 aromatic carbocycles. The fraction of sp³-hybridized carbons (Fsp3) is 0.688. The van der Waals surface area contributed by atoms with Crippen molar-refractivity contribution < 1.29 is 39.3 Å². The molecule has 0 aromatic heterocycles. The zero-order valence-electron chi connectivity index (χ0n) is 16.1. The van der Waals surface area contributed by atoms with Gasteiger partial charge < -0.3 is 37.0 Å². The number of carboxylic acids is 2. The molecule has 0 saturated heterocycles. The van der Waals surface area contributed by atoms with Crippen LogP contribution in [0.2, 0.25) is 0 Å². The molecule has 3 amide bonds. The van der Waals surface area contributed by atoms with Crippen LogP contribution < -0.4 is 21.7 Å². The molecule has 0 radical (unpaired) electrons. The van der Waals surface area contributed by atoms with Crippen LogP contribution >= 0.6 is 12.6 Å². The van der Waals surface area contributed by atoms with Crippen molar-refractivity contribution in [3.05, 3.63) is 0 Å². The first kappa shape index (κ1) is 26.6. The summed E-state index contributed by atoms with van der Waals surface area (Å²) in [5.74, 6) is -5.47. The van der Waals surface area contributed by atoms with Crippen LogP contribution in [0.5, 0.6) is 0 Å². The minimum atomic E-state index is -1.50. The molecule has 0 aromatic rings. The molecule has 0 saturated carbocycles. The molecule has 0 aliphatic carbocycles. The molecule has 13 heteroatoms. The van der Waals surface area contributed by atoms with Gasteiger partial charge in [-0.25, -0.2) is 4.79 Å². The Labute approximate surface area is 173 Å². The molecular weight excluding hydrogens is 408 g/mol. The summed E-state index contributed by atoms with van der Waals surface area (Å²) in [6.45, 7) is 2.72. The van der Waals surface area contributed by atoms with Crippen LogP contribution in [-0.4, -0.2) is 81.5 Å². The predicted octanol–water partition coefficient (Wildman–Crippen LogP) is -2.70. The molecule has 0 spiro atoms. The second-order valence-electron chi connectivity index (χ2n) is 6.72. The Morgan fingerprint density at radius 3 is 1.79 bits per heavy atom. The van der Waals surface area contributed by atoms with Gasteiger partial charge in [-0.2, -0.15) is 12.6 Å². The van der Waals surface area contributed by atoms with Crippen molar-refractivity contribution in [3.8, 4) is 0 Å². The predicted molar refractivity (Wildman–Crippen MR) is 104 cm³/mol. The SMILES string of the molecule is CC(C)CC(NC(=O)C(CS)NC(=O)C(CO)NC(=O)C(N)CC(=O)O)C(=O)O. The van der Waals surface area contributed by atoms with Gasteiger partial charge in [-0.05, 0) is 12.3 Å². The van der Waals surface area contributed by atoms with E-state index in [1.807, 2.05) is 0 Å². The van der Waals surface area contributed by atoms with Crippen LogP contribution in [0.1, 0.15) is 26.7 Å². The summed E-state index contributed by atoms with van der Waals surface area (Å²) in [6.07, 6.45) is -0.509. The number of nitrogens with one attached hydrogen (secondary N) is 3. The third kappa shape index (κ3) is 10.1. The molecular formula is C16H28N4O8S. The highest BCUT2D eigenvalue weighted by molar-refractivity contribution is 7.80. The number of nitrogens with two attached hydrogens (primary N) is 1. The molecule has 4 atom stereocenters.